The monoisotopic (exact) mass is 292 g/mol. The molecule has 1 saturated carbocycles. The van der Waals surface area contributed by atoms with Crippen LogP contribution in [0.5, 0.6) is 5.75 Å². The van der Waals surface area contributed by atoms with E-state index in [1.807, 2.05) is 6.92 Å². The average molecular weight is 292 g/mol. The van der Waals surface area contributed by atoms with Crippen molar-refractivity contribution in [2.45, 2.75) is 45.4 Å². The number of rotatable bonds is 4. The molecule has 1 aromatic rings. The molecule has 21 heavy (non-hydrogen) atoms. The third-order valence-electron chi connectivity index (χ3n) is 4.08. The molecule has 0 bridgehead atoms. The summed E-state index contributed by atoms with van der Waals surface area (Å²) in [5, 5.41) is 0. The van der Waals surface area contributed by atoms with E-state index in [-0.39, 0.29) is 11.7 Å². The van der Waals surface area contributed by atoms with Gasteiger partial charge in [-0.3, -0.25) is 0 Å². The van der Waals surface area contributed by atoms with Crippen LogP contribution in [-0.4, -0.2) is 0 Å². The van der Waals surface area contributed by atoms with Crippen molar-refractivity contribution in [3.05, 3.63) is 53.8 Å². The minimum Gasteiger partial charge on any atom is -0.462 e. The molecular weight excluding hydrogens is 270 g/mol. The zero-order chi connectivity index (χ0) is 15.2. The van der Waals surface area contributed by atoms with Gasteiger partial charge in [0.1, 0.15) is 0 Å². The predicted molar refractivity (Wildman–Crippen MR) is 81.3 cm³/mol. The molecule has 0 spiro atoms. The Kier molecular flexibility index (Phi) is 5.54. The van der Waals surface area contributed by atoms with E-state index in [0.717, 1.165) is 25.7 Å². The molecule has 3 heteroatoms. The van der Waals surface area contributed by atoms with Crippen molar-refractivity contribution in [1.29, 1.82) is 0 Å². The van der Waals surface area contributed by atoms with Gasteiger partial charge in [-0.05, 0) is 63.0 Å². The summed E-state index contributed by atoms with van der Waals surface area (Å²) in [7, 11) is 0. The molecule has 0 aliphatic heterocycles. The Bertz CT molecular complexity index is 526. The Morgan fingerprint density at radius 1 is 1.00 bits per heavy atom. The molecule has 0 radical (unpaired) electrons. The smallest absolute Gasteiger partial charge is 0.201 e. The van der Waals surface area contributed by atoms with Gasteiger partial charge in [0.05, 0.1) is 6.26 Å². The number of benzene rings is 1. The van der Waals surface area contributed by atoms with Crippen LogP contribution in [0.4, 0.5) is 8.78 Å². The lowest BCUT2D eigenvalue weighted by molar-refractivity contribution is 0.358. The van der Waals surface area contributed by atoms with E-state index in [1.54, 1.807) is 19.1 Å². The molecule has 1 aliphatic carbocycles. The third kappa shape index (κ3) is 3.72. The summed E-state index contributed by atoms with van der Waals surface area (Å²) in [4.78, 5) is 0. The topological polar surface area (TPSA) is 9.23 Å². The molecule has 0 N–H and O–H groups in total. The third-order valence-corrected chi connectivity index (χ3v) is 4.08. The van der Waals surface area contributed by atoms with Gasteiger partial charge in [0.2, 0.25) is 5.82 Å². The van der Waals surface area contributed by atoms with Gasteiger partial charge in [-0.2, -0.15) is 4.39 Å². The minimum absolute atomic E-state index is 0.0584. The van der Waals surface area contributed by atoms with Crippen LogP contribution >= 0.6 is 0 Å². The van der Waals surface area contributed by atoms with Crippen LogP contribution in [0.15, 0.2) is 36.6 Å². The molecule has 1 nitrogen and oxygen atoms in total. The number of allylic oxidation sites excluding steroid dienone is 3. The molecular formula is C18H22F2O. The van der Waals surface area contributed by atoms with Gasteiger partial charge in [-0.15, -0.1) is 0 Å². The van der Waals surface area contributed by atoms with E-state index in [1.165, 1.54) is 12.3 Å². The maximum atomic E-state index is 14.2. The molecule has 0 aromatic heterocycles. The molecule has 0 unspecified atom stereocenters. The molecule has 0 amide bonds. The fraction of sp³-hybridized carbons (Fsp3) is 0.444. The highest BCUT2D eigenvalue weighted by molar-refractivity contribution is 5.33. The standard InChI is InChI=1S/C18H22F2O/c1-3-5-13-6-8-14(9-7-13)15-10-11-16(21-12-4-2)18(20)17(15)19/h3-5,10-14H,6-9H2,1-2H3/b5-3+,12-4+. The first-order valence-corrected chi connectivity index (χ1v) is 7.55. The Hall–Kier alpha value is -1.64. The van der Waals surface area contributed by atoms with Crippen LogP contribution < -0.4 is 4.74 Å². The van der Waals surface area contributed by atoms with E-state index in [2.05, 4.69) is 12.2 Å². The zero-order valence-corrected chi connectivity index (χ0v) is 12.6. The molecule has 2 rings (SSSR count). The van der Waals surface area contributed by atoms with E-state index in [0.29, 0.717) is 11.5 Å². The van der Waals surface area contributed by atoms with Gasteiger partial charge >= 0.3 is 0 Å². The van der Waals surface area contributed by atoms with Gasteiger partial charge in [0.25, 0.3) is 0 Å². The lowest BCUT2D eigenvalue weighted by Gasteiger charge is -2.27. The van der Waals surface area contributed by atoms with Gasteiger partial charge < -0.3 is 4.74 Å². The number of hydrogen-bond donors (Lipinski definition) is 0. The summed E-state index contributed by atoms with van der Waals surface area (Å²) in [6.45, 7) is 3.77. The average Bonchev–Trinajstić information content (AvgIpc) is 2.50. The van der Waals surface area contributed by atoms with Crippen LogP contribution in [0.3, 0.4) is 0 Å². The second-order valence-corrected chi connectivity index (χ2v) is 5.51. The summed E-state index contributed by atoms with van der Waals surface area (Å²) in [5.74, 6) is -1.02. The van der Waals surface area contributed by atoms with Crippen molar-refractivity contribution < 1.29 is 13.5 Å². The summed E-state index contributed by atoms with van der Waals surface area (Å²) in [6.07, 6.45) is 11.1. The van der Waals surface area contributed by atoms with Gasteiger partial charge in [-0.1, -0.05) is 24.3 Å². The van der Waals surface area contributed by atoms with E-state index < -0.39 is 11.6 Å². The Morgan fingerprint density at radius 3 is 2.33 bits per heavy atom. The molecule has 1 aliphatic rings. The molecule has 0 atom stereocenters. The highest BCUT2D eigenvalue weighted by Gasteiger charge is 2.25. The predicted octanol–water partition coefficient (Wildman–Crippen LogP) is 5.73. The largest absolute Gasteiger partial charge is 0.462 e. The number of hydrogen-bond acceptors (Lipinski definition) is 1. The van der Waals surface area contributed by atoms with E-state index >= 15 is 0 Å². The summed E-state index contributed by atoms with van der Waals surface area (Å²) in [6, 6.07) is 3.18. The zero-order valence-electron chi connectivity index (χ0n) is 12.6. The van der Waals surface area contributed by atoms with Crippen molar-refractivity contribution in [3.8, 4) is 5.75 Å². The van der Waals surface area contributed by atoms with Crippen molar-refractivity contribution >= 4 is 0 Å². The molecule has 1 fully saturated rings. The second-order valence-electron chi connectivity index (χ2n) is 5.51. The molecule has 0 saturated heterocycles. The van der Waals surface area contributed by atoms with Crippen LogP contribution in [-0.2, 0) is 0 Å². The lowest BCUT2D eigenvalue weighted by atomic mass is 9.78. The fourth-order valence-corrected chi connectivity index (χ4v) is 2.99. The van der Waals surface area contributed by atoms with Crippen molar-refractivity contribution in [3.63, 3.8) is 0 Å². The summed E-state index contributed by atoms with van der Waals surface area (Å²) in [5.41, 5.74) is 0.485. The van der Waals surface area contributed by atoms with Gasteiger partial charge in [0.15, 0.2) is 11.6 Å². The lowest BCUT2D eigenvalue weighted by Crippen LogP contribution is -2.13. The van der Waals surface area contributed by atoms with Crippen molar-refractivity contribution in [2.24, 2.45) is 5.92 Å². The Balaban J connectivity index is 2.13. The van der Waals surface area contributed by atoms with E-state index in [4.69, 9.17) is 4.74 Å². The normalized spacial score (nSPS) is 23.0. The first-order valence-electron chi connectivity index (χ1n) is 7.55. The number of ether oxygens (including phenoxy) is 1. The molecule has 0 heterocycles. The highest BCUT2D eigenvalue weighted by atomic mass is 19.2. The summed E-state index contributed by atoms with van der Waals surface area (Å²) >= 11 is 0. The highest BCUT2D eigenvalue weighted by Crippen LogP contribution is 2.39. The number of halogens is 2. The van der Waals surface area contributed by atoms with Crippen LogP contribution in [0, 0.1) is 17.6 Å². The van der Waals surface area contributed by atoms with Gasteiger partial charge in [-0.25, -0.2) is 4.39 Å². The Morgan fingerprint density at radius 2 is 1.71 bits per heavy atom. The quantitative estimate of drug-likeness (QED) is 0.509. The van der Waals surface area contributed by atoms with Crippen molar-refractivity contribution in [2.75, 3.05) is 0 Å². The first-order chi connectivity index (χ1) is 10.2. The van der Waals surface area contributed by atoms with Crippen LogP contribution in [0.25, 0.3) is 0 Å². The van der Waals surface area contributed by atoms with Crippen LogP contribution in [0.1, 0.15) is 51.0 Å². The first kappa shape index (κ1) is 15.7. The maximum Gasteiger partial charge on any atom is 0.201 e. The molecule has 114 valence electrons. The maximum absolute atomic E-state index is 14.2. The minimum atomic E-state index is -0.888. The van der Waals surface area contributed by atoms with Crippen LogP contribution in [0.2, 0.25) is 0 Å². The summed E-state index contributed by atoms with van der Waals surface area (Å²) < 4.78 is 33.3. The second kappa shape index (κ2) is 7.39. The SMILES string of the molecule is C/C=C/Oc1ccc(C2CCC(/C=C/C)CC2)c(F)c1F. The van der Waals surface area contributed by atoms with E-state index in [9.17, 15) is 8.78 Å². The fourth-order valence-electron chi connectivity index (χ4n) is 2.99. The van der Waals surface area contributed by atoms with Crippen molar-refractivity contribution in [1.82, 2.24) is 0 Å². The molecule has 1 aromatic carbocycles. The Labute approximate surface area is 125 Å². The van der Waals surface area contributed by atoms with Gasteiger partial charge in [0, 0.05) is 0 Å².